The summed E-state index contributed by atoms with van der Waals surface area (Å²) in [4.78, 5) is 25.6. The van der Waals surface area contributed by atoms with Crippen LogP contribution in [0.4, 0.5) is 15.9 Å². The molecule has 102 valence electrons. The van der Waals surface area contributed by atoms with Crippen molar-refractivity contribution >= 4 is 33.3 Å². The molecule has 2 rings (SSSR count). The minimum Gasteiger partial charge on any atom is -0.306 e. The van der Waals surface area contributed by atoms with Gasteiger partial charge in [-0.25, -0.2) is 9.37 Å². The zero-order valence-corrected chi connectivity index (χ0v) is 11.4. The molecule has 0 unspecified atom stereocenters. The van der Waals surface area contributed by atoms with E-state index >= 15 is 0 Å². The number of hydrogen-bond acceptors (Lipinski definition) is 4. The van der Waals surface area contributed by atoms with Gasteiger partial charge in [0.25, 0.3) is 11.6 Å². The molecule has 1 amide bonds. The van der Waals surface area contributed by atoms with Crippen LogP contribution in [-0.4, -0.2) is 15.8 Å². The van der Waals surface area contributed by atoms with Crippen molar-refractivity contribution in [1.82, 2.24) is 4.98 Å². The van der Waals surface area contributed by atoms with E-state index in [1.165, 1.54) is 6.20 Å². The van der Waals surface area contributed by atoms with E-state index in [9.17, 15) is 19.3 Å². The van der Waals surface area contributed by atoms with Crippen molar-refractivity contribution in [2.45, 2.75) is 0 Å². The summed E-state index contributed by atoms with van der Waals surface area (Å²) in [6.07, 6.45) is 1.46. The van der Waals surface area contributed by atoms with Crippen molar-refractivity contribution in [3.05, 3.63) is 62.5 Å². The number of nitrogens with zero attached hydrogens (tertiary/aromatic N) is 2. The molecule has 2 aromatic rings. The summed E-state index contributed by atoms with van der Waals surface area (Å²) in [5.74, 6) is -1.48. The fraction of sp³-hybridized carbons (Fsp3) is 0. The van der Waals surface area contributed by atoms with E-state index < -0.39 is 22.3 Å². The average molecular weight is 340 g/mol. The molecule has 0 aliphatic carbocycles. The molecule has 1 N–H and O–H groups in total. The molecule has 0 aliphatic rings. The van der Waals surface area contributed by atoms with Crippen molar-refractivity contribution in [2.75, 3.05) is 5.32 Å². The third-order valence-electron chi connectivity index (χ3n) is 2.40. The van der Waals surface area contributed by atoms with Gasteiger partial charge >= 0.3 is 0 Å². The number of nitro groups is 1. The first-order chi connectivity index (χ1) is 9.49. The van der Waals surface area contributed by atoms with Crippen LogP contribution < -0.4 is 5.32 Å². The summed E-state index contributed by atoms with van der Waals surface area (Å²) in [7, 11) is 0. The fourth-order valence-electron chi connectivity index (χ4n) is 1.45. The number of rotatable bonds is 3. The number of non-ortho nitro benzene ring substituents is 1. The third-order valence-corrected chi connectivity index (χ3v) is 3.04. The molecule has 0 aliphatic heterocycles. The van der Waals surface area contributed by atoms with E-state index in [2.05, 4.69) is 26.2 Å². The van der Waals surface area contributed by atoms with E-state index in [1.54, 1.807) is 12.1 Å². The number of amides is 1. The van der Waals surface area contributed by atoms with Gasteiger partial charge < -0.3 is 5.32 Å². The Labute approximate surface area is 120 Å². The molecule has 0 spiro atoms. The SMILES string of the molecule is O=C(Nc1ncccc1Br)c1ccc([N+](=O)[O-])cc1F. The molecule has 0 saturated heterocycles. The molecule has 1 aromatic heterocycles. The van der Waals surface area contributed by atoms with Gasteiger partial charge in [-0.2, -0.15) is 0 Å². The number of hydrogen-bond donors (Lipinski definition) is 1. The Morgan fingerprint density at radius 1 is 1.40 bits per heavy atom. The van der Waals surface area contributed by atoms with Crippen molar-refractivity contribution < 1.29 is 14.1 Å². The molecule has 0 radical (unpaired) electrons. The second kappa shape index (κ2) is 5.74. The molecule has 0 bridgehead atoms. The second-order valence-corrected chi connectivity index (χ2v) is 4.56. The second-order valence-electron chi connectivity index (χ2n) is 3.71. The van der Waals surface area contributed by atoms with Crippen molar-refractivity contribution in [2.24, 2.45) is 0 Å². The average Bonchev–Trinajstić information content (AvgIpc) is 2.41. The molecule has 1 heterocycles. The molecule has 1 aromatic carbocycles. The number of anilines is 1. The maximum atomic E-state index is 13.7. The van der Waals surface area contributed by atoms with E-state index in [4.69, 9.17) is 0 Å². The van der Waals surface area contributed by atoms with Crippen LogP contribution in [0.1, 0.15) is 10.4 Å². The lowest BCUT2D eigenvalue weighted by molar-refractivity contribution is -0.385. The van der Waals surface area contributed by atoms with Crippen LogP contribution in [-0.2, 0) is 0 Å². The molecule has 8 heteroatoms. The summed E-state index contributed by atoms with van der Waals surface area (Å²) >= 11 is 3.19. The molecule has 20 heavy (non-hydrogen) atoms. The Hall–Kier alpha value is -2.35. The number of benzene rings is 1. The Bertz CT molecular complexity index is 693. The van der Waals surface area contributed by atoms with E-state index in [0.29, 0.717) is 10.5 Å². The Kier molecular flexibility index (Phi) is 4.04. The molecular weight excluding hydrogens is 333 g/mol. The van der Waals surface area contributed by atoms with Crippen LogP contribution in [0.2, 0.25) is 0 Å². The minimum absolute atomic E-state index is 0.232. The third kappa shape index (κ3) is 2.97. The number of aromatic nitrogens is 1. The van der Waals surface area contributed by atoms with Gasteiger partial charge in [0.15, 0.2) is 0 Å². The topological polar surface area (TPSA) is 85.1 Å². The van der Waals surface area contributed by atoms with Gasteiger partial charge in [-0.3, -0.25) is 14.9 Å². The zero-order valence-electron chi connectivity index (χ0n) is 9.84. The van der Waals surface area contributed by atoms with Gasteiger partial charge in [0, 0.05) is 12.3 Å². The van der Waals surface area contributed by atoms with Crippen LogP contribution in [0.15, 0.2) is 41.0 Å². The highest BCUT2D eigenvalue weighted by atomic mass is 79.9. The van der Waals surface area contributed by atoms with Gasteiger partial charge in [-0.05, 0) is 34.1 Å². The first-order valence-corrected chi connectivity index (χ1v) is 6.14. The summed E-state index contributed by atoms with van der Waals surface area (Å²) in [6, 6.07) is 6.13. The smallest absolute Gasteiger partial charge is 0.272 e. The highest BCUT2D eigenvalue weighted by Gasteiger charge is 2.17. The number of nitrogens with one attached hydrogen (secondary N) is 1. The number of pyridine rings is 1. The van der Waals surface area contributed by atoms with E-state index in [0.717, 1.165) is 12.1 Å². The summed E-state index contributed by atoms with van der Waals surface area (Å²) in [5, 5.41) is 12.9. The highest BCUT2D eigenvalue weighted by Crippen LogP contribution is 2.21. The summed E-state index contributed by atoms with van der Waals surface area (Å²) < 4.78 is 14.2. The number of carbonyl (C=O) groups excluding carboxylic acids is 1. The van der Waals surface area contributed by atoms with Crippen LogP contribution in [0.25, 0.3) is 0 Å². The number of nitro benzene ring substituents is 1. The Balaban J connectivity index is 2.26. The predicted molar refractivity (Wildman–Crippen MR) is 72.9 cm³/mol. The van der Waals surface area contributed by atoms with Crippen molar-refractivity contribution in [1.29, 1.82) is 0 Å². The van der Waals surface area contributed by atoms with Crippen molar-refractivity contribution in [3.63, 3.8) is 0 Å². The van der Waals surface area contributed by atoms with Crippen molar-refractivity contribution in [3.8, 4) is 0 Å². The molecular formula is C12H7BrFN3O3. The number of halogens is 2. The van der Waals surface area contributed by atoms with Gasteiger partial charge in [0.2, 0.25) is 0 Å². The Morgan fingerprint density at radius 3 is 2.75 bits per heavy atom. The maximum Gasteiger partial charge on any atom is 0.272 e. The van der Waals surface area contributed by atoms with Crippen LogP contribution in [0, 0.1) is 15.9 Å². The van der Waals surface area contributed by atoms with Crippen LogP contribution in [0.3, 0.4) is 0 Å². The lowest BCUT2D eigenvalue weighted by Gasteiger charge is -2.06. The highest BCUT2D eigenvalue weighted by molar-refractivity contribution is 9.10. The van der Waals surface area contributed by atoms with Gasteiger partial charge in [-0.1, -0.05) is 0 Å². The molecule has 6 nitrogen and oxygen atoms in total. The lowest BCUT2D eigenvalue weighted by atomic mass is 10.2. The molecule has 0 fully saturated rings. The van der Waals surface area contributed by atoms with Crippen LogP contribution >= 0.6 is 15.9 Å². The predicted octanol–water partition coefficient (Wildman–Crippen LogP) is 3.14. The molecule has 0 saturated carbocycles. The maximum absolute atomic E-state index is 13.7. The van der Waals surface area contributed by atoms with E-state index in [1.807, 2.05) is 0 Å². The lowest BCUT2D eigenvalue weighted by Crippen LogP contribution is -2.15. The van der Waals surface area contributed by atoms with Crippen LogP contribution in [0.5, 0.6) is 0 Å². The molecule has 0 atom stereocenters. The standard InChI is InChI=1S/C12H7BrFN3O3/c13-9-2-1-5-15-11(9)16-12(18)8-4-3-7(17(19)20)6-10(8)14/h1-6H,(H,15,16,18). The minimum atomic E-state index is -0.969. The summed E-state index contributed by atoms with van der Waals surface area (Å²) in [6.45, 7) is 0. The first-order valence-electron chi connectivity index (χ1n) is 5.35. The first kappa shape index (κ1) is 14.1. The normalized spacial score (nSPS) is 10.1. The van der Waals surface area contributed by atoms with E-state index in [-0.39, 0.29) is 11.4 Å². The van der Waals surface area contributed by atoms with Gasteiger partial charge in [0.1, 0.15) is 11.6 Å². The monoisotopic (exact) mass is 339 g/mol. The van der Waals surface area contributed by atoms with Gasteiger partial charge in [-0.15, -0.1) is 0 Å². The Morgan fingerprint density at radius 2 is 2.15 bits per heavy atom. The summed E-state index contributed by atoms with van der Waals surface area (Å²) in [5.41, 5.74) is -0.716. The zero-order chi connectivity index (χ0) is 14.7. The fourth-order valence-corrected chi connectivity index (χ4v) is 1.81. The largest absolute Gasteiger partial charge is 0.306 e. The number of carbonyl (C=O) groups is 1. The van der Waals surface area contributed by atoms with Gasteiger partial charge in [0.05, 0.1) is 21.0 Å². The quantitative estimate of drug-likeness (QED) is 0.687.